The van der Waals surface area contributed by atoms with E-state index in [0.29, 0.717) is 12.1 Å². The highest BCUT2D eigenvalue weighted by molar-refractivity contribution is 5.97. The van der Waals surface area contributed by atoms with Crippen LogP contribution in [0.5, 0.6) is 0 Å². The van der Waals surface area contributed by atoms with Gasteiger partial charge in [0.25, 0.3) is 5.91 Å². The van der Waals surface area contributed by atoms with Crippen molar-refractivity contribution < 1.29 is 4.79 Å². The van der Waals surface area contributed by atoms with Crippen LogP contribution in [0.2, 0.25) is 0 Å². The van der Waals surface area contributed by atoms with Gasteiger partial charge in [-0.1, -0.05) is 31.2 Å². The van der Waals surface area contributed by atoms with Crippen LogP contribution in [-0.2, 0) is 13.5 Å². The van der Waals surface area contributed by atoms with Gasteiger partial charge >= 0.3 is 0 Å². The Labute approximate surface area is 160 Å². The summed E-state index contributed by atoms with van der Waals surface area (Å²) in [6, 6.07) is 12.5. The number of nitrogens with zero attached hydrogens (tertiary/aromatic N) is 4. The minimum Gasteiger partial charge on any atom is -0.350 e. The molecule has 6 heteroatoms. The molecule has 2 aromatic heterocycles. The zero-order chi connectivity index (χ0) is 19.4. The van der Waals surface area contributed by atoms with Gasteiger partial charge in [0.15, 0.2) is 0 Å². The van der Waals surface area contributed by atoms with Crippen LogP contribution < -0.4 is 5.32 Å². The van der Waals surface area contributed by atoms with Gasteiger partial charge in [0.1, 0.15) is 11.4 Å². The monoisotopic (exact) mass is 365 g/mol. The molecule has 0 aliphatic rings. The van der Waals surface area contributed by atoms with Crippen LogP contribution in [0.15, 0.2) is 55.0 Å². The molecule has 1 aromatic carbocycles. The van der Waals surface area contributed by atoms with Crippen LogP contribution >= 0.6 is 0 Å². The van der Waals surface area contributed by atoms with Crippen molar-refractivity contribution in [2.45, 2.75) is 19.4 Å². The molecule has 0 aliphatic carbocycles. The first kappa shape index (κ1) is 18.9. The standard InChI is InChI=1S/C21H27N5O/c1-5-16-8-10-17(11-9-16)19(24(2)3)15-22-20(27)18-14-23-25(4)21(18)26-12-6-7-13-26/h6-14,19H,5,15H2,1-4H3,(H,22,27)/t19-/m1/s1. The highest BCUT2D eigenvalue weighted by atomic mass is 16.1. The van der Waals surface area contributed by atoms with Gasteiger partial charge in [0.2, 0.25) is 0 Å². The molecule has 1 amide bonds. The highest BCUT2D eigenvalue weighted by Gasteiger charge is 2.20. The second-order valence-corrected chi connectivity index (χ2v) is 6.88. The normalized spacial score (nSPS) is 12.3. The van der Waals surface area contributed by atoms with Crippen LogP contribution in [-0.4, -0.2) is 45.8 Å². The highest BCUT2D eigenvalue weighted by Crippen LogP contribution is 2.19. The average Bonchev–Trinajstić information content (AvgIpc) is 3.31. The van der Waals surface area contributed by atoms with Gasteiger partial charge in [-0.25, -0.2) is 0 Å². The molecule has 3 rings (SSSR count). The summed E-state index contributed by atoms with van der Waals surface area (Å²) in [6.45, 7) is 2.67. The van der Waals surface area contributed by atoms with E-state index in [1.54, 1.807) is 10.9 Å². The fourth-order valence-corrected chi connectivity index (χ4v) is 3.23. The maximum atomic E-state index is 12.8. The Morgan fingerprint density at radius 1 is 1.19 bits per heavy atom. The maximum absolute atomic E-state index is 12.8. The van der Waals surface area contributed by atoms with E-state index in [0.717, 1.165) is 12.2 Å². The van der Waals surface area contributed by atoms with Gasteiger partial charge in [0, 0.05) is 26.0 Å². The second-order valence-electron chi connectivity index (χ2n) is 6.88. The van der Waals surface area contributed by atoms with Gasteiger partial charge in [0.05, 0.1) is 12.2 Å². The molecular weight excluding hydrogens is 338 g/mol. The molecule has 0 unspecified atom stereocenters. The van der Waals surface area contributed by atoms with Crippen molar-refractivity contribution >= 4 is 5.91 Å². The summed E-state index contributed by atoms with van der Waals surface area (Å²) in [7, 11) is 5.89. The average molecular weight is 365 g/mol. The molecule has 27 heavy (non-hydrogen) atoms. The lowest BCUT2D eigenvalue weighted by Crippen LogP contribution is -2.34. The van der Waals surface area contributed by atoms with Gasteiger partial charge in [-0.05, 0) is 43.8 Å². The number of likely N-dealkylation sites (N-methyl/N-ethyl adjacent to an activating group) is 1. The molecule has 0 aliphatic heterocycles. The van der Waals surface area contributed by atoms with Crippen molar-refractivity contribution in [2.24, 2.45) is 7.05 Å². The lowest BCUT2D eigenvalue weighted by Gasteiger charge is -2.25. The van der Waals surface area contributed by atoms with E-state index in [1.165, 1.54) is 11.1 Å². The molecule has 0 bridgehead atoms. The van der Waals surface area contributed by atoms with E-state index in [1.807, 2.05) is 50.2 Å². The first-order valence-corrected chi connectivity index (χ1v) is 9.20. The Balaban J connectivity index is 1.75. The molecule has 0 spiro atoms. The van der Waals surface area contributed by atoms with Crippen LogP contribution in [0.1, 0.15) is 34.5 Å². The molecule has 2 heterocycles. The number of aromatic nitrogens is 3. The number of aryl methyl sites for hydroxylation is 2. The van der Waals surface area contributed by atoms with E-state index < -0.39 is 0 Å². The van der Waals surface area contributed by atoms with Crippen LogP contribution in [0, 0.1) is 0 Å². The smallest absolute Gasteiger partial charge is 0.256 e. The van der Waals surface area contributed by atoms with E-state index in [4.69, 9.17) is 0 Å². The first-order chi connectivity index (χ1) is 13.0. The summed E-state index contributed by atoms with van der Waals surface area (Å²) in [5, 5.41) is 7.33. The number of benzene rings is 1. The zero-order valence-corrected chi connectivity index (χ0v) is 16.4. The summed E-state index contributed by atoms with van der Waals surface area (Å²) in [5.74, 6) is 0.634. The molecule has 1 atom stereocenters. The molecule has 142 valence electrons. The summed E-state index contributed by atoms with van der Waals surface area (Å²) in [6.07, 6.45) is 6.45. The van der Waals surface area contributed by atoms with Gasteiger partial charge in [-0.15, -0.1) is 0 Å². The van der Waals surface area contributed by atoms with Gasteiger partial charge in [-0.3, -0.25) is 9.48 Å². The molecule has 6 nitrogen and oxygen atoms in total. The number of carbonyl (C=O) groups is 1. The SMILES string of the molecule is CCc1ccc([C@@H](CNC(=O)c2cnn(C)c2-n2cccc2)N(C)C)cc1. The van der Waals surface area contributed by atoms with Crippen LogP contribution in [0.3, 0.4) is 0 Å². The maximum Gasteiger partial charge on any atom is 0.256 e. The first-order valence-electron chi connectivity index (χ1n) is 9.20. The van der Waals surface area contributed by atoms with E-state index >= 15 is 0 Å². The largest absolute Gasteiger partial charge is 0.350 e. The third kappa shape index (κ3) is 4.11. The van der Waals surface area contributed by atoms with E-state index in [9.17, 15) is 4.79 Å². The molecule has 0 saturated carbocycles. The minimum atomic E-state index is -0.121. The van der Waals surface area contributed by atoms with Crippen molar-refractivity contribution in [1.82, 2.24) is 24.6 Å². The summed E-state index contributed by atoms with van der Waals surface area (Å²) < 4.78 is 3.61. The number of amides is 1. The molecule has 0 fully saturated rings. The lowest BCUT2D eigenvalue weighted by atomic mass is 10.0. The number of rotatable bonds is 7. The second kappa shape index (κ2) is 8.22. The Kier molecular flexibility index (Phi) is 5.76. The fourth-order valence-electron chi connectivity index (χ4n) is 3.23. The summed E-state index contributed by atoms with van der Waals surface area (Å²) in [5.41, 5.74) is 3.06. The quantitative estimate of drug-likeness (QED) is 0.700. The van der Waals surface area contributed by atoms with Gasteiger partial charge < -0.3 is 14.8 Å². The number of carbonyl (C=O) groups excluding carboxylic acids is 1. The van der Waals surface area contributed by atoms with E-state index in [-0.39, 0.29) is 11.9 Å². The fraction of sp³-hybridized carbons (Fsp3) is 0.333. The van der Waals surface area contributed by atoms with Crippen LogP contribution in [0.25, 0.3) is 5.82 Å². The predicted molar refractivity (Wildman–Crippen MR) is 107 cm³/mol. The van der Waals surface area contributed by atoms with E-state index in [2.05, 4.69) is 46.5 Å². The lowest BCUT2D eigenvalue weighted by molar-refractivity contribution is 0.0942. The van der Waals surface area contributed by atoms with Crippen molar-refractivity contribution in [3.63, 3.8) is 0 Å². The topological polar surface area (TPSA) is 55.1 Å². The Hall–Kier alpha value is -2.86. The zero-order valence-electron chi connectivity index (χ0n) is 16.4. The van der Waals surface area contributed by atoms with Crippen molar-refractivity contribution in [3.05, 3.63) is 71.7 Å². The number of hydrogen-bond donors (Lipinski definition) is 1. The van der Waals surface area contributed by atoms with Crippen molar-refractivity contribution in [2.75, 3.05) is 20.6 Å². The Morgan fingerprint density at radius 2 is 1.85 bits per heavy atom. The molecule has 3 aromatic rings. The minimum absolute atomic E-state index is 0.103. The van der Waals surface area contributed by atoms with Gasteiger partial charge in [-0.2, -0.15) is 5.10 Å². The molecule has 0 radical (unpaired) electrons. The number of nitrogens with one attached hydrogen (secondary N) is 1. The third-order valence-electron chi connectivity index (χ3n) is 4.85. The molecule has 1 N–H and O–H groups in total. The van der Waals surface area contributed by atoms with Crippen molar-refractivity contribution in [3.8, 4) is 5.82 Å². The third-order valence-corrected chi connectivity index (χ3v) is 4.85. The predicted octanol–water partition coefficient (Wildman–Crippen LogP) is 2.81. The Bertz CT molecular complexity index is 878. The molecular formula is C21H27N5O. The van der Waals surface area contributed by atoms with Crippen LogP contribution in [0.4, 0.5) is 0 Å². The summed E-state index contributed by atoms with van der Waals surface area (Å²) in [4.78, 5) is 15.0. The molecule has 0 saturated heterocycles. The Morgan fingerprint density at radius 3 is 2.44 bits per heavy atom. The van der Waals surface area contributed by atoms with Crippen molar-refractivity contribution in [1.29, 1.82) is 0 Å². The number of hydrogen-bond acceptors (Lipinski definition) is 3. The summed E-state index contributed by atoms with van der Waals surface area (Å²) >= 11 is 0.